The van der Waals surface area contributed by atoms with E-state index in [2.05, 4.69) is 25.3 Å². The lowest BCUT2D eigenvalue weighted by Gasteiger charge is -2.42. The SMILES string of the molecule is C[C@H]1C(=O)N2CCCc3nc(NCC(C=NCc4ccc(C(F)(F)F)nc4)=CN)nc(c32)N1CCO. The molecule has 0 aromatic carbocycles. The number of aryl methyl sites for hydroxylation is 1. The van der Waals surface area contributed by atoms with Gasteiger partial charge in [-0.2, -0.15) is 18.2 Å². The number of carbonyl (C=O) groups is 1. The number of aliphatic hydroxyl groups is 1. The van der Waals surface area contributed by atoms with Crippen LogP contribution >= 0.6 is 0 Å². The van der Waals surface area contributed by atoms with Gasteiger partial charge in [0, 0.05) is 43.8 Å². The molecule has 2 aliphatic rings. The van der Waals surface area contributed by atoms with Gasteiger partial charge in [0.2, 0.25) is 11.9 Å². The summed E-state index contributed by atoms with van der Waals surface area (Å²) in [6, 6.07) is 1.79. The van der Waals surface area contributed by atoms with Crippen molar-refractivity contribution >= 4 is 29.6 Å². The molecule has 0 saturated heterocycles. The second kappa shape index (κ2) is 10.5. The number of nitrogens with two attached hydrogens (primary N) is 1. The summed E-state index contributed by atoms with van der Waals surface area (Å²) < 4.78 is 37.9. The zero-order chi connectivity index (χ0) is 25.9. The van der Waals surface area contributed by atoms with Gasteiger partial charge in [-0.15, -0.1) is 0 Å². The van der Waals surface area contributed by atoms with E-state index in [0.29, 0.717) is 41.6 Å². The normalized spacial score (nSPS) is 18.1. The number of pyridine rings is 1. The Balaban J connectivity index is 1.45. The molecule has 0 saturated carbocycles. The third-order valence-corrected chi connectivity index (χ3v) is 6.02. The number of aliphatic hydroxyl groups excluding tert-OH is 1. The summed E-state index contributed by atoms with van der Waals surface area (Å²) in [6.07, 6.45) is 1.04. The van der Waals surface area contributed by atoms with Crippen molar-refractivity contribution in [3.05, 3.63) is 47.1 Å². The van der Waals surface area contributed by atoms with Crippen LogP contribution in [0.1, 0.15) is 30.3 Å². The van der Waals surface area contributed by atoms with E-state index in [4.69, 9.17) is 5.73 Å². The summed E-state index contributed by atoms with van der Waals surface area (Å²) >= 11 is 0. The summed E-state index contributed by atoms with van der Waals surface area (Å²) in [5, 5.41) is 12.7. The fourth-order valence-electron chi connectivity index (χ4n) is 4.19. The lowest BCUT2D eigenvalue weighted by molar-refractivity contribution is -0.141. The Kier molecular flexibility index (Phi) is 7.38. The van der Waals surface area contributed by atoms with Crippen molar-refractivity contribution in [3.8, 4) is 0 Å². The van der Waals surface area contributed by atoms with Crippen molar-refractivity contribution in [3.63, 3.8) is 0 Å². The molecule has 0 aliphatic carbocycles. The topological polar surface area (TPSA) is 133 Å². The number of hydrogen-bond donors (Lipinski definition) is 3. The summed E-state index contributed by atoms with van der Waals surface area (Å²) in [4.78, 5) is 33.3. The highest BCUT2D eigenvalue weighted by atomic mass is 19.4. The Morgan fingerprint density at radius 2 is 2.17 bits per heavy atom. The Morgan fingerprint density at radius 3 is 2.83 bits per heavy atom. The molecule has 0 spiro atoms. The minimum atomic E-state index is -4.48. The third-order valence-electron chi connectivity index (χ3n) is 6.02. The number of carbonyl (C=O) groups excluding carboxylic acids is 1. The van der Waals surface area contributed by atoms with Gasteiger partial charge in [-0.3, -0.25) is 14.8 Å². The Hall–Kier alpha value is -3.74. The van der Waals surface area contributed by atoms with Crippen LogP contribution in [0.4, 0.5) is 30.6 Å². The maximum atomic E-state index is 12.8. The van der Waals surface area contributed by atoms with Gasteiger partial charge in [-0.1, -0.05) is 6.07 Å². The Labute approximate surface area is 205 Å². The molecule has 0 radical (unpaired) electrons. The second-order valence-corrected chi connectivity index (χ2v) is 8.47. The van der Waals surface area contributed by atoms with Crippen LogP contribution in [0, 0.1) is 0 Å². The number of aliphatic imine (C=N–C) groups is 1. The van der Waals surface area contributed by atoms with Gasteiger partial charge in [-0.25, -0.2) is 4.98 Å². The molecule has 0 unspecified atom stereocenters. The summed E-state index contributed by atoms with van der Waals surface area (Å²) in [5.74, 6) is 0.925. The molecule has 4 rings (SSSR count). The molecular formula is C23H27F3N8O2. The van der Waals surface area contributed by atoms with Crippen LogP contribution in [0.25, 0.3) is 0 Å². The van der Waals surface area contributed by atoms with E-state index in [1.807, 2.05) is 0 Å². The highest BCUT2D eigenvalue weighted by Crippen LogP contribution is 2.40. The van der Waals surface area contributed by atoms with Gasteiger partial charge in [-0.05, 0) is 31.4 Å². The smallest absolute Gasteiger partial charge is 0.404 e. The standard InChI is InChI=1S/C23H27F3N8O2/c1-14-21(36)34-6-2-3-17-19(34)20(33(14)7-8-35)32-22(31-17)30-13-16(9-27)11-28-10-15-4-5-18(29-12-15)23(24,25)26/h4-5,9,11-12,14,35H,2-3,6-8,10,13,27H2,1H3,(H,30,31,32)/t14-/m0/s1. The largest absolute Gasteiger partial charge is 0.433 e. The van der Waals surface area contributed by atoms with E-state index < -0.39 is 17.9 Å². The van der Waals surface area contributed by atoms with Crippen molar-refractivity contribution < 1.29 is 23.1 Å². The van der Waals surface area contributed by atoms with E-state index in [0.717, 1.165) is 24.4 Å². The van der Waals surface area contributed by atoms with E-state index in [9.17, 15) is 23.1 Å². The van der Waals surface area contributed by atoms with Crippen LogP contribution in [0.5, 0.6) is 0 Å². The number of amides is 1. The molecule has 1 atom stereocenters. The molecule has 2 aromatic rings. The zero-order valence-corrected chi connectivity index (χ0v) is 19.7. The average Bonchev–Trinajstić information content (AvgIpc) is 2.86. The highest BCUT2D eigenvalue weighted by Gasteiger charge is 2.40. The number of aromatic nitrogens is 3. The first kappa shape index (κ1) is 25.4. The first-order valence-electron chi connectivity index (χ1n) is 11.5. The van der Waals surface area contributed by atoms with E-state index in [1.54, 1.807) is 16.7 Å². The van der Waals surface area contributed by atoms with Gasteiger partial charge in [0.15, 0.2) is 5.82 Å². The molecule has 10 nitrogen and oxygen atoms in total. The lowest BCUT2D eigenvalue weighted by Crippen LogP contribution is -2.55. The van der Waals surface area contributed by atoms with Crippen LogP contribution in [-0.2, 0) is 23.9 Å². The minimum absolute atomic E-state index is 0.0333. The van der Waals surface area contributed by atoms with Crippen molar-refractivity contribution in [2.24, 2.45) is 10.7 Å². The molecule has 4 N–H and O–H groups in total. The van der Waals surface area contributed by atoms with Crippen molar-refractivity contribution in [2.75, 3.05) is 41.4 Å². The van der Waals surface area contributed by atoms with Gasteiger partial charge >= 0.3 is 6.18 Å². The maximum Gasteiger partial charge on any atom is 0.433 e. The van der Waals surface area contributed by atoms with Crippen LogP contribution in [0.2, 0.25) is 0 Å². The number of halogens is 3. The van der Waals surface area contributed by atoms with Crippen LogP contribution in [0.3, 0.4) is 0 Å². The maximum absolute atomic E-state index is 12.8. The number of rotatable bonds is 8. The molecule has 192 valence electrons. The van der Waals surface area contributed by atoms with E-state index in [-0.39, 0.29) is 32.1 Å². The van der Waals surface area contributed by atoms with Crippen LogP contribution < -0.4 is 20.9 Å². The van der Waals surface area contributed by atoms with Gasteiger partial charge < -0.3 is 26.0 Å². The molecule has 4 heterocycles. The van der Waals surface area contributed by atoms with Crippen LogP contribution in [0.15, 0.2) is 35.1 Å². The number of nitrogens with zero attached hydrogens (tertiary/aromatic N) is 6. The van der Waals surface area contributed by atoms with Gasteiger partial charge in [0.05, 0.1) is 18.8 Å². The number of nitrogens with one attached hydrogen (secondary N) is 1. The quantitative estimate of drug-likeness (QED) is 0.465. The van der Waals surface area contributed by atoms with E-state index in [1.165, 1.54) is 18.5 Å². The fourth-order valence-corrected chi connectivity index (χ4v) is 4.19. The highest BCUT2D eigenvalue weighted by molar-refractivity contribution is 6.05. The summed E-state index contributed by atoms with van der Waals surface area (Å²) in [6.45, 7) is 2.94. The third kappa shape index (κ3) is 5.25. The summed E-state index contributed by atoms with van der Waals surface area (Å²) in [7, 11) is 0. The first-order valence-corrected chi connectivity index (χ1v) is 11.5. The van der Waals surface area contributed by atoms with Crippen molar-refractivity contribution in [2.45, 2.75) is 38.5 Å². The zero-order valence-electron chi connectivity index (χ0n) is 19.7. The predicted octanol–water partition coefficient (Wildman–Crippen LogP) is 1.90. The first-order chi connectivity index (χ1) is 17.2. The fraction of sp³-hybridized carbons (Fsp3) is 0.435. The Bertz CT molecular complexity index is 1170. The van der Waals surface area contributed by atoms with Crippen molar-refractivity contribution in [1.82, 2.24) is 15.0 Å². The number of hydrogen-bond acceptors (Lipinski definition) is 9. The molecule has 36 heavy (non-hydrogen) atoms. The number of anilines is 3. The molecule has 1 amide bonds. The Morgan fingerprint density at radius 1 is 1.36 bits per heavy atom. The van der Waals surface area contributed by atoms with Gasteiger partial charge in [0.25, 0.3) is 0 Å². The van der Waals surface area contributed by atoms with Gasteiger partial charge in [0.1, 0.15) is 17.4 Å². The molecule has 0 fully saturated rings. The van der Waals surface area contributed by atoms with E-state index >= 15 is 0 Å². The molecule has 2 aliphatic heterocycles. The average molecular weight is 505 g/mol. The number of β-amino-alcohol motifs (C(OH)–C–C–N with tert-alkyl or cyclic N) is 1. The molecule has 0 bridgehead atoms. The lowest BCUT2D eigenvalue weighted by atomic mass is 10.0. The predicted molar refractivity (Wildman–Crippen MR) is 129 cm³/mol. The summed E-state index contributed by atoms with van der Waals surface area (Å²) in [5.41, 5.74) is 7.37. The second-order valence-electron chi connectivity index (χ2n) is 8.47. The molecular weight excluding hydrogens is 477 g/mol. The van der Waals surface area contributed by atoms with Crippen LogP contribution in [-0.4, -0.2) is 64.5 Å². The molecule has 13 heteroatoms. The monoisotopic (exact) mass is 504 g/mol. The number of alkyl halides is 3. The minimum Gasteiger partial charge on any atom is -0.404 e. The molecule has 2 aromatic heterocycles. The van der Waals surface area contributed by atoms with Crippen molar-refractivity contribution in [1.29, 1.82) is 0 Å².